The van der Waals surface area contributed by atoms with Crippen LogP contribution in [0.15, 0.2) is 59.5 Å². The Morgan fingerprint density at radius 1 is 1.08 bits per heavy atom. The summed E-state index contributed by atoms with van der Waals surface area (Å²) < 4.78 is 0. The average Bonchev–Trinajstić information content (AvgIpc) is 2.62. The van der Waals surface area contributed by atoms with Gasteiger partial charge in [-0.15, -0.1) is 11.8 Å². The lowest BCUT2D eigenvalue weighted by molar-refractivity contribution is -0.145. The minimum atomic E-state index is -1.08. The van der Waals surface area contributed by atoms with E-state index in [9.17, 15) is 14.4 Å². The van der Waals surface area contributed by atoms with E-state index in [2.05, 4.69) is 5.32 Å². The van der Waals surface area contributed by atoms with Crippen LogP contribution in [0.4, 0.5) is 5.69 Å². The highest BCUT2D eigenvalue weighted by molar-refractivity contribution is 8.01. The Bertz CT molecular complexity index is 825. The van der Waals surface area contributed by atoms with Gasteiger partial charge in [0.1, 0.15) is 6.54 Å². The van der Waals surface area contributed by atoms with Crippen LogP contribution in [0, 0.1) is 0 Å². The van der Waals surface area contributed by atoms with E-state index in [1.54, 1.807) is 0 Å². The summed E-state index contributed by atoms with van der Waals surface area (Å²) in [5, 5.41) is 11.3. The lowest BCUT2D eigenvalue weighted by Crippen LogP contribution is -2.39. The molecule has 2 aromatic rings. The molecule has 6 nitrogen and oxygen atoms in total. The van der Waals surface area contributed by atoms with E-state index < -0.39 is 17.8 Å². The molecule has 2 aromatic carbocycles. The Labute approximate surface area is 155 Å². The number of hydrogen-bond donors (Lipinski definition) is 2. The van der Waals surface area contributed by atoms with E-state index in [1.807, 2.05) is 54.6 Å². The third-order valence-electron chi connectivity index (χ3n) is 3.96. The quantitative estimate of drug-likeness (QED) is 0.816. The molecule has 0 aromatic heterocycles. The van der Waals surface area contributed by atoms with Gasteiger partial charge in [0, 0.05) is 17.9 Å². The van der Waals surface area contributed by atoms with Crippen molar-refractivity contribution in [1.82, 2.24) is 4.90 Å². The third-order valence-corrected chi connectivity index (χ3v) is 5.24. The maximum Gasteiger partial charge on any atom is 0.323 e. The molecule has 0 saturated carbocycles. The van der Waals surface area contributed by atoms with Crippen molar-refractivity contribution in [2.45, 2.75) is 23.1 Å². The van der Waals surface area contributed by atoms with E-state index >= 15 is 0 Å². The van der Waals surface area contributed by atoms with E-state index in [0.29, 0.717) is 0 Å². The van der Waals surface area contributed by atoms with Crippen molar-refractivity contribution in [2.75, 3.05) is 11.9 Å². The molecule has 0 spiro atoms. The van der Waals surface area contributed by atoms with Gasteiger partial charge in [-0.2, -0.15) is 0 Å². The van der Waals surface area contributed by atoms with Crippen LogP contribution in [0.5, 0.6) is 0 Å². The zero-order chi connectivity index (χ0) is 18.5. The summed E-state index contributed by atoms with van der Waals surface area (Å²) in [7, 11) is 0. The topological polar surface area (TPSA) is 86.7 Å². The van der Waals surface area contributed by atoms with Gasteiger partial charge >= 0.3 is 5.97 Å². The minimum absolute atomic E-state index is 0.0506. The SMILES string of the molecule is O=C(O)CN(Cc1ccccc1)C(=O)CC1Sc2ccccc2NC1=O. The number of para-hydroxylation sites is 1. The first-order valence-corrected chi connectivity index (χ1v) is 9.01. The zero-order valence-electron chi connectivity index (χ0n) is 13.9. The zero-order valence-corrected chi connectivity index (χ0v) is 14.7. The van der Waals surface area contributed by atoms with Crippen molar-refractivity contribution >= 4 is 35.2 Å². The standard InChI is InChI=1S/C19H18N2O4S/c22-17(21(12-18(23)24)11-13-6-2-1-3-7-13)10-16-19(25)20-14-8-4-5-9-15(14)26-16/h1-9,16H,10-12H2,(H,20,25)(H,23,24). The molecule has 3 rings (SSSR count). The fraction of sp³-hybridized carbons (Fsp3) is 0.211. The second-order valence-electron chi connectivity index (χ2n) is 5.93. The molecule has 2 N–H and O–H groups in total. The number of aliphatic carboxylic acids is 1. The fourth-order valence-electron chi connectivity index (χ4n) is 2.71. The average molecular weight is 370 g/mol. The molecule has 1 aliphatic heterocycles. The lowest BCUT2D eigenvalue weighted by Gasteiger charge is -2.26. The minimum Gasteiger partial charge on any atom is -0.480 e. The highest BCUT2D eigenvalue weighted by Gasteiger charge is 2.30. The monoisotopic (exact) mass is 370 g/mol. The van der Waals surface area contributed by atoms with Crippen molar-refractivity contribution in [3.63, 3.8) is 0 Å². The summed E-state index contributed by atoms with van der Waals surface area (Å²) in [6.45, 7) is -0.203. The predicted octanol–water partition coefficient (Wildman–Crippen LogP) is 2.60. The Hall–Kier alpha value is -2.80. The van der Waals surface area contributed by atoms with Crippen molar-refractivity contribution in [2.24, 2.45) is 0 Å². The highest BCUT2D eigenvalue weighted by atomic mass is 32.2. The van der Waals surface area contributed by atoms with Crippen LogP contribution in [0.2, 0.25) is 0 Å². The second-order valence-corrected chi connectivity index (χ2v) is 7.17. The molecule has 0 aliphatic carbocycles. The first kappa shape index (κ1) is 18.0. The summed E-state index contributed by atoms with van der Waals surface area (Å²) in [5.74, 6) is -1.68. The number of thioether (sulfide) groups is 1. The van der Waals surface area contributed by atoms with Gasteiger partial charge in [-0.05, 0) is 17.7 Å². The normalized spacial score (nSPS) is 15.7. The van der Waals surface area contributed by atoms with Gasteiger partial charge in [-0.25, -0.2) is 0 Å². The van der Waals surface area contributed by atoms with Crippen LogP contribution < -0.4 is 5.32 Å². The Kier molecular flexibility index (Phi) is 5.58. The number of nitrogens with zero attached hydrogens (tertiary/aromatic N) is 1. The van der Waals surface area contributed by atoms with Crippen molar-refractivity contribution in [3.8, 4) is 0 Å². The van der Waals surface area contributed by atoms with Gasteiger partial charge in [0.05, 0.1) is 10.9 Å². The summed E-state index contributed by atoms with van der Waals surface area (Å²) in [4.78, 5) is 38.3. The third kappa shape index (κ3) is 4.43. The van der Waals surface area contributed by atoms with E-state index in [1.165, 1.54) is 16.7 Å². The number of nitrogens with one attached hydrogen (secondary N) is 1. The molecule has 0 fully saturated rings. The van der Waals surface area contributed by atoms with Crippen LogP contribution in [-0.2, 0) is 20.9 Å². The molecule has 1 unspecified atom stereocenters. The first-order chi connectivity index (χ1) is 12.5. The van der Waals surface area contributed by atoms with Gasteiger partial charge in [0.2, 0.25) is 11.8 Å². The number of hydrogen-bond acceptors (Lipinski definition) is 4. The summed E-state index contributed by atoms with van der Waals surface area (Å²) in [5.41, 5.74) is 1.58. The van der Waals surface area contributed by atoms with Crippen molar-refractivity contribution in [3.05, 3.63) is 60.2 Å². The van der Waals surface area contributed by atoms with Crippen LogP contribution in [0.1, 0.15) is 12.0 Å². The predicted molar refractivity (Wildman–Crippen MR) is 98.8 cm³/mol. The van der Waals surface area contributed by atoms with Crippen LogP contribution >= 0.6 is 11.8 Å². The molecule has 0 radical (unpaired) electrons. The van der Waals surface area contributed by atoms with Gasteiger partial charge in [-0.3, -0.25) is 14.4 Å². The molecule has 1 aliphatic rings. The molecule has 0 bridgehead atoms. The molecule has 2 amide bonds. The van der Waals surface area contributed by atoms with Gasteiger partial charge in [0.15, 0.2) is 0 Å². The van der Waals surface area contributed by atoms with Crippen LogP contribution in [0.25, 0.3) is 0 Å². The second kappa shape index (κ2) is 8.05. The number of carboxylic acids is 1. The van der Waals surface area contributed by atoms with Crippen LogP contribution in [0.3, 0.4) is 0 Å². The lowest BCUT2D eigenvalue weighted by atomic mass is 10.2. The molecular weight excluding hydrogens is 352 g/mol. The number of carboxylic acid groups (broad SMARTS) is 1. The number of benzene rings is 2. The van der Waals surface area contributed by atoms with Gasteiger partial charge in [0.25, 0.3) is 0 Å². The molecule has 0 saturated heterocycles. The highest BCUT2D eigenvalue weighted by Crippen LogP contribution is 2.36. The maximum atomic E-state index is 12.7. The van der Waals surface area contributed by atoms with E-state index in [-0.39, 0.29) is 24.8 Å². The number of rotatable bonds is 6. The molecule has 1 atom stereocenters. The Morgan fingerprint density at radius 2 is 1.77 bits per heavy atom. The van der Waals surface area contributed by atoms with Crippen molar-refractivity contribution < 1.29 is 19.5 Å². The number of fused-ring (bicyclic) bond motifs is 1. The maximum absolute atomic E-state index is 12.7. The van der Waals surface area contributed by atoms with E-state index in [4.69, 9.17) is 5.11 Å². The molecular formula is C19H18N2O4S. The number of carbonyl (C=O) groups excluding carboxylic acids is 2. The Balaban J connectivity index is 1.71. The molecule has 7 heteroatoms. The first-order valence-electron chi connectivity index (χ1n) is 8.13. The molecule has 134 valence electrons. The van der Waals surface area contributed by atoms with Gasteiger partial charge in [-0.1, -0.05) is 42.5 Å². The summed E-state index contributed by atoms with van der Waals surface area (Å²) >= 11 is 1.33. The molecule has 1 heterocycles. The summed E-state index contributed by atoms with van der Waals surface area (Å²) in [6.07, 6.45) is -0.0506. The number of anilines is 1. The number of carbonyl (C=O) groups is 3. The molecule has 26 heavy (non-hydrogen) atoms. The smallest absolute Gasteiger partial charge is 0.323 e. The van der Waals surface area contributed by atoms with Gasteiger partial charge < -0.3 is 15.3 Å². The number of amides is 2. The van der Waals surface area contributed by atoms with Crippen molar-refractivity contribution in [1.29, 1.82) is 0 Å². The van der Waals surface area contributed by atoms with Crippen LogP contribution in [-0.4, -0.2) is 39.6 Å². The Morgan fingerprint density at radius 3 is 2.50 bits per heavy atom. The fourth-order valence-corrected chi connectivity index (χ4v) is 3.82. The van der Waals surface area contributed by atoms with E-state index in [0.717, 1.165) is 16.1 Å². The largest absolute Gasteiger partial charge is 0.480 e. The summed E-state index contributed by atoms with van der Waals surface area (Å²) in [6, 6.07) is 16.6.